The molecule has 0 aromatic carbocycles. The molecule has 2 unspecified atom stereocenters. The van der Waals surface area contributed by atoms with Crippen molar-refractivity contribution in [3.8, 4) is 0 Å². The van der Waals surface area contributed by atoms with Gasteiger partial charge in [0, 0.05) is 19.7 Å². The van der Waals surface area contributed by atoms with Gasteiger partial charge in [-0.2, -0.15) is 0 Å². The van der Waals surface area contributed by atoms with Crippen LogP contribution in [0.5, 0.6) is 0 Å². The Morgan fingerprint density at radius 1 is 1.38 bits per heavy atom. The first-order valence-electron chi connectivity index (χ1n) is 6.33. The molecule has 1 aliphatic heterocycles. The molecule has 0 aromatic heterocycles. The molecule has 92 valence electrons. The van der Waals surface area contributed by atoms with Crippen LogP contribution in [0.25, 0.3) is 0 Å². The zero-order valence-corrected chi connectivity index (χ0v) is 10.00. The number of piperidine rings is 1. The van der Waals surface area contributed by atoms with Gasteiger partial charge < -0.3 is 15.4 Å². The Morgan fingerprint density at radius 3 is 2.88 bits per heavy atom. The van der Waals surface area contributed by atoms with Crippen LogP contribution in [0.4, 0.5) is 0 Å². The van der Waals surface area contributed by atoms with Crippen molar-refractivity contribution in [1.82, 2.24) is 10.6 Å². The number of ether oxygens (including phenoxy) is 1. The fourth-order valence-electron chi connectivity index (χ4n) is 2.68. The molecule has 2 N–H and O–H groups in total. The molecule has 2 rings (SSSR count). The largest absolute Gasteiger partial charge is 0.381 e. The van der Waals surface area contributed by atoms with Crippen LogP contribution in [0, 0.1) is 5.92 Å². The molecule has 0 spiro atoms. The first-order valence-corrected chi connectivity index (χ1v) is 6.33. The molecule has 1 aliphatic carbocycles. The van der Waals surface area contributed by atoms with Crippen LogP contribution in [0.1, 0.15) is 32.1 Å². The summed E-state index contributed by atoms with van der Waals surface area (Å²) in [6.45, 7) is 1.89. The summed E-state index contributed by atoms with van der Waals surface area (Å²) in [5.41, 5.74) is 0. The molecule has 1 heterocycles. The van der Waals surface area contributed by atoms with Crippen molar-refractivity contribution in [1.29, 1.82) is 0 Å². The standard InChI is InChI=1S/C12H22N2O2/c1-16-11-5-4-10(7-11)14-12(15)9-3-2-6-13-8-9/h9-11,13H,2-8H2,1H3,(H,14,15)/t9-,10?,11?/m0/s1. The van der Waals surface area contributed by atoms with Crippen molar-refractivity contribution >= 4 is 5.91 Å². The second-order valence-corrected chi connectivity index (χ2v) is 4.92. The molecule has 16 heavy (non-hydrogen) atoms. The highest BCUT2D eigenvalue weighted by Crippen LogP contribution is 2.22. The lowest BCUT2D eigenvalue weighted by Crippen LogP contribution is -2.43. The minimum Gasteiger partial charge on any atom is -0.381 e. The van der Waals surface area contributed by atoms with Gasteiger partial charge in [-0.1, -0.05) is 0 Å². The number of carbonyl (C=O) groups excluding carboxylic acids is 1. The lowest BCUT2D eigenvalue weighted by Gasteiger charge is -2.23. The van der Waals surface area contributed by atoms with Gasteiger partial charge in [-0.3, -0.25) is 4.79 Å². The Bertz CT molecular complexity index is 239. The van der Waals surface area contributed by atoms with Gasteiger partial charge in [0.1, 0.15) is 0 Å². The third-order valence-corrected chi connectivity index (χ3v) is 3.73. The van der Waals surface area contributed by atoms with Crippen molar-refractivity contribution in [2.75, 3.05) is 20.2 Å². The SMILES string of the molecule is COC1CCC(NC(=O)[C@H]2CCCNC2)C1. The second-order valence-electron chi connectivity index (χ2n) is 4.92. The molecule has 2 aliphatic rings. The number of rotatable bonds is 3. The molecule has 3 atom stereocenters. The summed E-state index contributed by atoms with van der Waals surface area (Å²) in [7, 11) is 1.75. The Labute approximate surface area is 97.1 Å². The van der Waals surface area contributed by atoms with Crippen LogP contribution in [0.2, 0.25) is 0 Å². The maximum Gasteiger partial charge on any atom is 0.224 e. The van der Waals surface area contributed by atoms with Gasteiger partial charge >= 0.3 is 0 Å². The molecule has 4 heteroatoms. The van der Waals surface area contributed by atoms with Crippen molar-refractivity contribution in [2.45, 2.75) is 44.2 Å². The van der Waals surface area contributed by atoms with E-state index < -0.39 is 0 Å². The predicted octanol–water partition coefficient (Wildman–Crippen LogP) is 0.670. The molecule has 1 saturated heterocycles. The summed E-state index contributed by atoms with van der Waals surface area (Å²) < 4.78 is 5.30. The minimum atomic E-state index is 0.176. The third-order valence-electron chi connectivity index (χ3n) is 3.73. The number of hydrogen-bond acceptors (Lipinski definition) is 3. The fraction of sp³-hybridized carbons (Fsp3) is 0.917. The van der Waals surface area contributed by atoms with E-state index in [1.165, 1.54) is 0 Å². The van der Waals surface area contributed by atoms with Gasteiger partial charge in [0.2, 0.25) is 5.91 Å². The Balaban J connectivity index is 1.74. The summed E-state index contributed by atoms with van der Waals surface area (Å²) in [6.07, 6.45) is 5.59. The van der Waals surface area contributed by atoms with Crippen molar-refractivity contribution in [3.63, 3.8) is 0 Å². The topological polar surface area (TPSA) is 50.4 Å². The maximum absolute atomic E-state index is 12.0. The molecule has 4 nitrogen and oxygen atoms in total. The number of methoxy groups -OCH3 is 1. The molecular formula is C12H22N2O2. The Hall–Kier alpha value is -0.610. The van der Waals surface area contributed by atoms with Crippen LogP contribution in [0.3, 0.4) is 0 Å². The number of hydrogen-bond donors (Lipinski definition) is 2. The molecule has 0 aromatic rings. The molecule has 0 radical (unpaired) electrons. The zero-order chi connectivity index (χ0) is 11.4. The number of carbonyl (C=O) groups is 1. The minimum absolute atomic E-state index is 0.176. The average molecular weight is 226 g/mol. The Kier molecular flexibility index (Phi) is 4.18. The van der Waals surface area contributed by atoms with Crippen molar-refractivity contribution < 1.29 is 9.53 Å². The maximum atomic E-state index is 12.0. The number of nitrogens with one attached hydrogen (secondary N) is 2. The monoisotopic (exact) mass is 226 g/mol. The van der Waals surface area contributed by atoms with E-state index >= 15 is 0 Å². The van der Waals surface area contributed by atoms with Crippen LogP contribution in [-0.4, -0.2) is 38.3 Å². The van der Waals surface area contributed by atoms with Crippen LogP contribution in [0.15, 0.2) is 0 Å². The summed E-state index contributed by atoms with van der Waals surface area (Å²) in [6, 6.07) is 0.333. The van der Waals surface area contributed by atoms with E-state index in [9.17, 15) is 4.79 Å². The van der Waals surface area contributed by atoms with E-state index in [1.807, 2.05) is 0 Å². The lowest BCUT2D eigenvalue weighted by molar-refractivity contribution is -0.126. The van der Waals surface area contributed by atoms with Gasteiger partial charge in [-0.25, -0.2) is 0 Å². The quantitative estimate of drug-likeness (QED) is 0.743. The Morgan fingerprint density at radius 2 is 2.25 bits per heavy atom. The van der Waals surface area contributed by atoms with Gasteiger partial charge in [0.25, 0.3) is 0 Å². The van der Waals surface area contributed by atoms with E-state index in [1.54, 1.807) is 7.11 Å². The van der Waals surface area contributed by atoms with Gasteiger partial charge in [0.15, 0.2) is 0 Å². The van der Waals surface area contributed by atoms with Crippen LogP contribution < -0.4 is 10.6 Å². The summed E-state index contributed by atoms with van der Waals surface area (Å²) in [5, 5.41) is 6.43. The summed E-state index contributed by atoms with van der Waals surface area (Å²) in [5.74, 6) is 0.407. The average Bonchev–Trinajstić information content (AvgIpc) is 2.78. The van der Waals surface area contributed by atoms with Gasteiger partial charge in [-0.15, -0.1) is 0 Å². The molecule has 2 fully saturated rings. The number of amides is 1. The first-order chi connectivity index (χ1) is 7.79. The third kappa shape index (κ3) is 2.95. The fourth-order valence-corrected chi connectivity index (χ4v) is 2.68. The molecule has 1 saturated carbocycles. The predicted molar refractivity (Wildman–Crippen MR) is 62.2 cm³/mol. The zero-order valence-electron chi connectivity index (χ0n) is 10.00. The molecule has 0 bridgehead atoms. The molecular weight excluding hydrogens is 204 g/mol. The lowest BCUT2D eigenvalue weighted by atomic mass is 9.98. The van der Waals surface area contributed by atoms with E-state index in [0.717, 1.165) is 45.2 Å². The highest BCUT2D eigenvalue weighted by Gasteiger charge is 2.28. The van der Waals surface area contributed by atoms with Crippen LogP contribution in [-0.2, 0) is 9.53 Å². The van der Waals surface area contributed by atoms with Crippen molar-refractivity contribution in [2.24, 2.45) is 5.92 Å². The van der Waals surface area contributed by atoms with E-state index in [0.29, 0.717) is 12.1 Å². The van der Waals surface area contributed by atoms with Crippen molar-refractivity contribution in [3.05, 3.63) is 0 Å². The van der Waals surface area contributed by atoms with E-state index in [-0.39, 0.29) is 11.8 Å². The molecule has 1 amide bonds. The highest BCUT2D eigenvalue weighted by molar-refractivity contribution is 5.79. The first kappa shape index (κ1) is 11.9. The second kappa shape index (κ2) is 5.64. The highest BCUT2D eigenvalue weighted by atomic mass is 16.5. The van der Waals surface area contributed by atoms with Gasteiger partial charge in [0.05, 0.1) is 12.0 Å². The normalized spacial score (nSPS) is 34.9. The van der Waals surface area contributed by atoms with E-state index in [4.69, 9.17) is 4.74 Å². The summed E-state index contributed by atoms with van der Waals surface area (Å²) in [4.78, 5) is 12.0. The smallest absolute Gasteiger partial charge is 0.224 e. The summed E-state index contributed by atoms with van der Waals surface area (Å²) >= 11 is 0. The van der Waals surface area contributed by atoms with E-state index in [2.05, 4.69) is 10.6 Å². The van der Waals surface area contributed by atoms with Gasteiger partial charge in [-0.05, 0) is 38.6 Å². The van der Waals surface area contributed by atoms with Crippen LogP contribution >= 0.6 is 0 Å².